The summed E-state index contributed by atoms with van der Waals surface area (Å²) in [7, 11) is 0. The molecule has 2 rings (SSSR count). The van der Waals surface area contributed by atoms with Crippen LogP contribution in [0.5, 0.6) is 5.75 Å². The number of ether oxygens (including phenoxy) is 1. The number of hydrazine groups is 1. The molecule has 8 nitrogen and oxygen atoms in total. The Hall–Kier alpha value is -3.49. The predicted molar refractivity (Wildman–Crippen MR) is 80.6 cm³/mol. The lowest BCUT2D eigenvalue weighted by atomic mass is 10.2. The normalized spacial score (nSPS) is 9.88. The van der Waals surface area contributed by atoms with Gasteiger partial charge in [-0.3, -0.25) is 30.6 Å². The molecule has 0 heterocycles. The van der Waals surface area contributed by atoms with Gasteiger partial charge in [-0.25, -0.2) is 4.39 Å². The van der Waals surface area contributed by atoms with Crippen molar-refractivity contribution in [2.24, 2.45) is 0 Å². The minimum absolute atomic E-state index is 0.0671. The Balaban J connectivity index is 1.85. The van der Waals surface area contributed by atoms with Crippen molar-refractivity contribution in [3.63, 3.8) is 0 Å². The topological polar surface area (TPSA) is 111 Å². The molecule has 124 valence electrons. The van der Waals surface area contributed by atoms with Gasteiger partial charge >= 0.3 is 5.69 Å². The molecule has 24 heavy (non-hydrogen) atoms. The minimum atomic E-state index is -0.719. The molecule has 0 spiro atoms. The first-order valence-electron chi connectivity index (χ1n) is 6.68. The van der Waals surface area contributed by atoms with Crippen LogP contribution in [0.3, 0.4) is 0 Å². The monoisotopic (exact) mass is 333 g/mol. The number of carbonyl (C=O) groups is 2. The molecular formula is C15H12FN3O5. The lowest BCUT2D eigenvalue weighted by Gasteiger charge is -2.09. The summed E-state index contributed by atoms with van der Waals surface area (Å²) in [6.07, 6.45) is 0. The zero-order chi connectivity index (χ0) is 17.5. The zero-order valence-electron chi connectivity index (χ0n) is 12.2. The fourth-order valence-corrected chi connectivity index (χ4v) is 1.71. The fraction of sp³-hybridized carbons (Fsp3) is 0.0667. The number of carbonyl (C=O) groups excluding carboxylic acids is 2. The number of nitro groups is 1. The smallest absolute Gasteiger partial charge is 0.310 e. The first kappa shape index (κ1) is 16.9. The molecular weight excluding hydrogens is 321 g/mol. The number of hydrogen-bond acceptors (Lipinski definition) is 5. The van der Waals surface area contributed by atoms with Crippen molar-refractivity contribution in [2.45, 2.75) is 0 Å². The third kappa shape index (κ3) is 4.50. The molecule has 0 aliphatic carbocycles. The highest BCUT2D eigenvalue weighted by atomic mass is 19.1. The van der Waals surface area contributed by atoms with E-state index >= 15 is 0 Å². The van der Waals surface area contributed by atoms with E-state index in [1.165, 1.54) is 36.4 Å². The Bertz CT molecular complexity index is 764. The van der Waals surface area contributed by atoms with Gasteiger partial charge in [0.05, 0.1) is 4.92 Å². The van der Waals surface area contributed by atoms with E-state index < -0.39 is 29.2 Å². The number of nitrogens with zero attached hydrogens (tertiary/aromatic N) is 1. The molecule has 2 amide bonds. The van der Waals surface area contributed by atoms with E-state index in [-0.39, 0.29) is 17.0 Å². The van der Waals surface area contributed by atoms with Crippen molar-refractivity contribution in [3.8, 4) is 5.75 Å². The van der Waals surface area contributed by atoms with Crippen molar-refractivity contribution in [1.29, 1.82) is 0 Å². The average molecular weight is 333 g/mol. The van der Waals surface area contributed by atoms with E-state index in [1.54, 1.807) is 0 Å². The maximum Gasteiger partial charge on any atom is 0.310 e. The van der Waals surface area contributed by atoms with Crippen LogP contribution in [0.15, 0.2) is 48.5 Å². The van der Waals surface area contributed by atoms with Crippen molar-refractivity contribution < 1.29 is 23.6 Å². The summed E-state index contributed by atoms with van der Waals surface area (Å²) in [5, 5.41) is 10.8. The van der Waals surface area contributed by atoms with Crippen molar-refractivity contribution in [1.82, 2.24) is 10.9 Å². The molecule has 0 aromatic heterocycles. The molecule has 0 fully saturated rings. The molecule has 0 atom stereocenters. The lowest BCUT2D eigenvalue weighted by Crippen LogP contribution is -2.43. The number of nitrogens with one attached hydrogen (secondary N) is 2. The Morgan fingerprint density at radius 2 is 1.75 bits per heavy atom. The van der Waals surface area contributed by atoms with Gasteiger partial charge in [-0.1, -0.05) is 12.1 Å². The number of rotatable bonds is 5. The third-order valence-electron chi connectivity index (χ3n) is 2.84. The summed E-state index contributed by atoms with van der Waals surface area (Å²) in [5.41, 5.74) is 4.08. The van der Waals surface area contributed by atoms with Gasteiger partial charge in [0.1, 0.15) is 5.82 Å². The summed E-state index contributed by atoms with van der Waals surface area (Å²) in [6.45, 7) is -0.533. The highest BCUT2D eigenvalue weighted by molar-refractivity contribution is 5.95. The number of halogens is 1. The summed E-state index contributed by atoms with van der Waals surface area (Å²) in [6, 6.07) is 10.3. The van der Waals surface area contributed by atoms with Crippen LogP contribution < -0.4 is 15.6 Å². The molecule has 0 radical (unpaired) electrons. The van der Waals surface area contributed by atoms with Crippen LogP contribution in [0.1, 0.15) is 10.4 Å². The first-order valence-corrected chi connectivity index (χ1v) is 6.68. The van der Waals surface area contributed by atoms with E-state index in [9.17, 15) is 24.1 Å². The van der Waals surface area contributed by atoms with Crippen molar-refractivity contribution in [2.75, 3.05) is 6.61 Å². The SMILES string of the molecule is O=C(COc1ccccc1[N+](=O)[O-])NNC(=O)c1ccc(F)cc1. The maximum atomic E-state index is 12.7. The summed E-state index contributed by atoms with van der Waals surface area (Å²) in [5.74, 6) is -1.92. The molecule has 9 heteroatoms. The van der Waals surface area contributed by atoms with Gasteiger partial charge in [-0.2, -0.15) is 0 Å². The minimum Gasteiger partial charge on any atom is -0.477 e. The highest BCUT2D eigenvalue weighted by Crippen LogP contribution is 2.25. The van der Waals surface area contributed by atoms with Gasteiger partial charge in [0, 0.05) is 11.6 Å². The Kier molecular flexibility index (Phi) is 5.40. The molecule has 0 aliphatic heterocycles. The Morgan fingerprint density at radius 1 is 1.08 bits per heavy atom. The molecule has 2 aromatic carbocycles. The van der Waals surface area contributed by atoms with E-state index in [0.717, 1.165) is 12.1 Å². The second kappa shape index (κ2) is 7.68. The number of para-hydroxylation sites is 2. The second-order valence-corrected chi connectivity index (χ2v) is 4.52. The van der Waals surface area contributed by atoms with Crippen LogP contribution in [-0.2, 0) is 4.79 Å². The van der Waals surface area contributed by atoms with Crippen LogP contribution in [0.4, 0.5) is 10.1 Å². The van der Waals surface area contributed by atoms with E-state index in [2.05, 4.69) is 10.9 Å². The quantitative estimate of drug-likeness (QED) is 0.637. The van der Waals surface area contributed by atoms with Crippen LogP contribution >= 0.6 is 0 Å². The third-order valence-corrected chi connectivity index (χ3v) is 2.84. The Labute approximate surface area is 135 Å². The van der Waals surface area contributed by atoms with Gasteiger partial charge in [0.2, 0.25) is 0 Å². The number of nitro benzene ring substituents is 1. The largest absolute Gasteiger partial charge is 0.477 e. The van der Waals surface area contributed by atoms with Gasteiger partial charge in [0.25, 0.3) is 11.8 Å². The Morgan fingerprint density at radius 3 is 2.42 bits per heavy atom. The predicted octanol–water partition coefficient (Wildman–Crippen LogP) is 1.57. The molecule has 0 aliphatic rings. The molecule has 0 unspecified atom stereocenters. The van der Waals surface area contributed by atoms with Gasteiger partial charge in [-0.15, -0.1) is 0 Å². The maximum absolute atomic E-state index is 12.7. The molecule has 0 saturated heterocycles. The van der Waals surface area contributed by atoms with Gasteiger partial charge in [-0.05, 0) is 30.3 Å². The summed E-state index contributed by atoms with van der Waals surface area (Å²) < 4.78 is 17.8. The highest BCUT2D eigenvalue weighted by Gasteiger charge is 2.15. The van der Waals surface area contributed by atoms with Crippen molar-refractivity contribution >= 4 is 17.5 Å². The van der Waals surface area contributed by atoms with Crippen LogP contribution in [0.2, 0.25) is 0 Å². The average Bonchev–Trinajstić information content (AvgIpc) is 2.58. The van der Waals surface area contributed by atoms with Crippen molar-refractivity contribution in [3.05, 3.63) is 70.0 Å². The molecule has 0 bridgehead atoms. The molecule has 2 N–H and O–H groups in total. The number of amides is 2. The van der Waals surface area contributed by atoms with Crippen LogP contribution in [-0.4, -0.2) is 23.3 Å². The molecule has 0 saturated carbocycles. The number of hydrogen-bond donors (Lipinski definition) is 2. The second-order valence-electron chi connectivity index (χ2n) is 4.52. The van der Waals surface area contributed by atoms with Crippen LogP contribution in [0.25, 0.3) is 0 Å². The zero-order valence-corrected chi connectivity index (χ0v) is 12.2. The summed E-state index contributed by atoms with van der Waals surface area (Å²) in [4.78, 5) is 33.5. The lowest BCUT2D eigenvalue weighted by molar-refractivity contribution is -0.385. The van der Waals surface area contributed by atoms with E-state index in [4.69, 9.17) is 4.74 Å². The fourth-order valence-electron chi connectivity index (χ4n) is 1.71. The standard InChI is InChI=1S/C15H12FN3O5/c16-11-7-5-10(6-8-11)15(21)18-17-14(20)9-24-13-4-2-1-3-12(13)19(22)23/h1-8H,9H2,(H,17,20)(H,18,21). The van der Waals surface area contributed by atoms with Crippen LogP contribution in [0, 0.1) is 15.9 Å². The van der Waals surface area contributed by atoms with E-state index in [0.29, 0.717) is 0 Å². The van der Waals surface area contributed by atoms with E-state index in [1.807, 2.05) is 0 Å². The summed E-state index contributed by atoms with van der Waals surface area (Å²) >= 11 is 0. The first-order chi connectivity index (χ1) is 11.5. The van der Waals surface area contributed by atoms with Gasteiger partial charge < -0.3 is 4.74 Å². The number of benzene rings is 2. The van der Waals surface area contributed by atoms with Gasteiger partial charge in [0.15, 0.2) is 12.4 Å². The molecule has 2 aromatic rings.